The normalized spacial score (nSPS) is 15.4. The van der Waals surface area contributed by atoms with E-state index in [1.54, 1.807) is 13.8 Å². The first-order valence-electron chi connectivity index (χ1n) is 6.02. The second kappa shape index (κ2) is 5.86. The first kappa shape index (κ1) is 14.9. The van der Waals surface area contributed by atoms with Crippen molar-refractivity contribution in [3.63, 3.8) is 0 Å². The first-order chi connectivity index (χ1) is 6.66. The Hall–Kier alpha value is -0.0800. The molecule has 0 amide bonds. The molecule has 0 aromatic carbocycles. The molecule has 0 aliphatic carbocycles. The van der Waals surface area contributed by atoms with Gasteiger partial charge in [0.25, 0.3) is 0 Å². The number of ether oxygens (including phenoxy) is 1. The molecule has 0 saturated heterocycles. The highest BCUT2D eigenvalue weighted by Gasteiger charge is 2.24. The van der Waals surface area contributed by atoms with E-state index in [1.165, 1.54) is 12.8 Å². The van der Waals surface area contributed by atoms with E-state index in [1.807, 2.05) is 0 Å². The van der Waals surface area contributed by atoms with Crippen LogP contribution >= 0.6 is 0 Å². The molecule has 0 rings (SSSR count). The minimum Gasteiger partial charge on any atom is -0.388 e. The van der Waals surface area contributed by atoms with Gasteiger partial charge >= 0.3 is 0 Å². The summed E-state index contributed by atoms with van der Waals surface area (Å²) in [6.07, 6.45) is 3.52. The summed E-state index contributed by atoms with van der Waals surface area (Å²) in [5, 5.41) is 9.59. The third-order valence-electron chi connectivity index (χ3n) is 2.44. The van der Waals surface area contributed by atoms with Crippen molar-refractivity contribution >= 4 is 0 Å². The van der Waals surface area contributed by atoms with Gasteiger partial charge in [-0.25, -0.2) is 0 Å². The maximum atomic E-state index is 9.59. The van der Waals surface area contributed by atoms with E-state index < -0.39 is 5.60 Å². The molecule has 0 aliphatic rings. The minimum absolute atomic E-state index is 0.130. The smallest absolute Gasteiger partial charge is 0.0824 e. The van der Waals surface area contributed by atoms with Crippen LogP contribution in [0.4, 0.5) is 0 Å². The number of hydrogen-bond acceptors (Lipinski definition) is 2. The molecule has 1 atom stereocenters. The number of hydrogen-bond donors (Lipinski definition) is 1. The highest BCUT2D eigenvalue weighted by Crippen LogP contribution is 2.24. The Morgan fingerprint density at radius 1 is 1.20 bits per heavy atom. The standard InChI is InChI=1S/C13H28O2/c1-7-8-11(2)9-13(5,6)15-10-12(3,4)14/h11,14H,7-10H2,1-6H3. The van der Waals surface area contributed by atoms with Crippen LogP contribution in [0.25, 0.3) is 0 Å². The zero-order chi connectivity index (χ0) is 12.1. The van der Waals surface area contributed by atoms with Gasteiger partial charge in [-0.1, -0.05) is 26.7 Å². The molecule has 92 valence electrons. The van der Waals surface area contributed by atoms with Crippen LogP contribution in [0.1, 0.15) is 60.8 Å². The molecular formula is C13H28O2. The summed E-state index contributed by atoms with van der Waals surface area (Å²) in [4.78, 5) is 0. The Morgan fingerprint density at radius 2 is 1.73 bits per heavy atom. The summed E-state index contributed by atoms with van der Waals surface area (Å²) < 4.78 is 5.76. The lowest BCUT2D eigenvalue weighted by Gasteiger charge is -2.31. The van der Waals surface area contributed by atoms with Crippen LogP contribution in [0.2, 0.25) is 0 Å². The van der Waals surface area contributed by atoms with Crippen LogP contribution in [-0.2, 0) is 4.74 Å². The van der Waals surface area contributed by atoms with Gasteiger partial charge in [-0.15, -0.1) is 0 Å². The highest BCUT2D eigenvalue weighted by molar-refractivity contribution is 4.74. The van der Waals surface area contributed by atoms with Crippen LogP contribution in [0, 0.1) is 5.92 Å². The molecule has 1 unspecified atom stereocenters. The van der Waals surface area contributed by atoms with E-state index >= 15 is 0 Å². The van der Waals surface area contributed by atoms with Gasteiger partial charge in [0, 0.05) is 0 Å². The van der Waals surface area contributed by atoms with Crippen molar-refractivity contribution in [3.05, 3.63) is 0 Å². The topological polar surface area (TPSA) is 29.5 Å². The molecule has 0 fully saturated rings. The van der Waals surface area contributed by atoms with Gasteiger partial charge in [0.05, 0.1) is 17.8 Å². The van der Waals surface area contributed by atoms with Gasteiger partial charge in [0.2, 0.25) is 0 Å². The summed E-state index contributed by atoms with van der Waals surface area (Å²) in [5.74, 6) is 0.687. The third-order valence-corrected chi connectivity index (χ3v) is 2.44. The lowest BCUT2D eigenvalue weighted by atomic mass is 9.91. The fourth-order valence-electron chi connectivity index (χ4n) is 1.86. The van der Waals surface area contributed by atoms with E-state index in [4.69, 9.17) is 4.74 Å². The lowest BCUT2D eigenvalue weighted by molar-refractivity contribution is -0.0989. The fourth-order valence-corrected chi connectivity index (χ4v) is 1.86. The molecule has 0 aromatic heterocycles. The molecular weight excluding hydrogens is 188 g/mol. The van der Waals surface area contributed by atoms with Gasteiger partial charge in [-0.2, -0.15) is 0 Å². The average molecular weight is 216 g/mol. The molecule has 0 aromatic rings. The molecule has 0 heterocycles. The van der Waals surface area contributed by atoms with Crippen molar-refractivity contribution < 1.29 is 9.84 Å². The van der Waals surface area contributed by atoms with Crippen molar-refractivity contribution in [3.8, 4) is 0 Å². The number of rotatable bonds is 7. The van der Waals surface area contributed by atoms with E-state index in [2.05, 4.69) is 27.7 Å². The van der Waals surface area contributed by atoms with E-state index in [-0.39, 0.29) is 5.60 Å². The number of aliphatic hydroxyl groups is 1. The molecule has 2 nitrogen and oxygen atoms in total. The van der Waals surface area contributed by atoms with Crippen molar-refractivity contribution in [1.29, 1.82) is 0 Å². The summed E-state index contributed by atoms with van der Waals surface area (Å²) in [6, 6.07) is 0. The van der Waals surface area contributed by atoms with Gasteiger partial charge in [-0.3, -0.25) is 0 Å². The minimum atomic E-state index is -0.731. The maximum Gasteiger partial charge on any atom is 0.0824 e. The summed E-state index contributed by atoms with van der Waals surface area (Å²) in [7, 11) is 0. The van der Waals surface area contributed by atoms with Crippen LogP contribution in [0.15, 0.2) is 0 Å². The van der Waals surface area contributed by atoms with Crippen LogP contribution < -0.4 is 0 Å². The van der Waals surface area contributed by atoms with Gasteiger partial charge in [0.1, 0.15) is 0 Å². The molecule has 15 heavy (non-hydrogen) atoms. The molecule has 0 saturated carbocycles. The van der Waals surface area contributed by atoms with E-state index in [9.17, 15) is 5.11 Å². The van der Waals surface area contributed by atoms with Crippen LogP contribution in [0.5, 0.6) is 0 Å². The third kappa shape index (κ3) is 8.88. The summed E-state index contributed by atoms with van der Waals surface area (Å²) in [5.41, 5.74) is -0.861. The Labute approximate surface area is 95.0 Å². The van der Waals surface area contributed by atoms with E-state index in [0.717, 1.165) is 6.42 Å². The lowest BCUT2D eigenvalue weighted by Crippen LogP contribution is -2.35. The first-order valence-corrected chi connectivity index (χ1v) is 6.02. The van der Waals surface area contributed by atoms with Crippen LogP contribution in [-0.4, -0.2) is 22.9 Å². The SMILES string of the molecule is CCCC(C)CC(C)(C)OCC(C)(C)O. The Bertz CT molecular complexity index is 168. The zero-order valence-electron chi connectivity index (χ0n) is 11.3. The Balaban J connectivity index is 3.96. The largest absolute Gasteiger partial charge is 0.388 e. The Kier molecular flexibility index (Phi) is 5.82. The second-order valence-electron chi connectivity index (χ2n) is 5.96. The molecule has 0 radical (unpaired) electrons. The highest BCUT2D eigenvalue weighted by atomic mass is 16.5. The average Bonchev–Trinajstić information content (AvgIpc) is 1.99. The van der Waals surface area contributed by atoms with Crippen molar-refractivity contribution in [2.75, 3.05) is 6.61 Å². The second-order valence-corrected chi connectivity index (χ2v) is 5.96. The molecule has 1 N–H and O–H groups in total. The Morgan fingerprint density at radius 3 is 2.13 bits per heavy atom. The van der Waals surface area contributed by atoms with Crippen molar-refractivity contribution in [2.45, 2.75) is 72.0 Å². The van der Waals surface area contributed by atoms with Crippen molar-refractivity contribution in [2.24, 2.45) is 5.92 Å². The predicted molar refractivity (Wildman–Crippen MR) is 65.0 cm³/mol. The summed E-state index contributed by atoms with van der Waals surface area (Å²) in [6.45, 7) is 12.6. The summed E-state index contributed by atoms with van der Waals surface area (Å²) >= 11 is 0. The van der Waals surface area contributed by atoms with Crippen LogP contribution in [0.3, 0.4) is 0 Å². The zero-order valence-corrected chi connectivity index (χ0v) is 11.3. The van der Waals surface area contributed by atoms with E-state index in [0.29, 0.717) is 12.5 Å². The molecule has 0 spiro atoms. The van der Waals surface area contributed by atoms with Crippen molar-refractivity contribution in [1.82, 2.24) is 0 Å². The molecule has 0 bridgehead atoms. The molecule has 0 aliphatic heterocycles. The fraction of sp³-hybridized carbons (Fsp3) is 1.00. The van der Waals surface area contributed by atoms with Gasteiger partial charge in [0.15, 0.2) is 0 Å². The van der Waals surface area contributed by atoms with Gasteiger partial charge in [-0.05, 0) is 40.0 Å². The monoisotopic (exact) mass is 216 g/mol. The quantitative estimate of drug-likeness (QED) is 0.707. The maximum absolute atomic E-state index is 9.59. The predicted octanol–water partition coefficient (Wildman–Crippen LogP) is 3.38. The van der Waals surface area contributed by atoms with Gasteiger partial charge < -0.3 is 9.84 Å². The molecule has 2 heteroatoms.